The number of nitrogens with zero attached hydrogens (tertiary/aromatic N) is 1. The molecule has 2 N–H and O–H groups in total. The Labute approximate surface area is 113 Å². The average Bonchev–Trinajstić information content (AvgIpc) is 2.82. The Bertz CT molecular complexity index is 619. The lowest BCUT2D eigenvalue weighted by molar-refractivity contribution is -0.137. The van der Waals surface area contributed by atoms with Crippen LogP contribution in [0.2, 0.25) is 0 Å². The van der Waals surface area contributed by atoms with Gasteiger partial charge in [-0.25, -0.2) is 0 Å². The Morgan fingerprint density at radius 2 is 2.15 bits per heavy atom. The predicted octanol–water partition coefficient (Wildman–Crippen LogP) is 2.67. The van der Waals surface area contributed by atoms with Gasteiger partial charge in [-0.2, -0.15) is 18.3 Å². The molecule has 106 valence electrons. The fourth-order valence-corrected chi connectivity index (χ4v) is 1.71. The van der Waals surface area contributed by atoms with Crippen LogP contribution in [0.4, 0.5) is 13.2 Å². The van der Waals surface area contributed by atoms with Gasteiger partial charge in [0.05, 0.1) is 17.3 Å². The molecule has 0 aliphatic carbocycles. The third-order valence-corrected chi connectivity index (χ3v) is 2.78. The van der Waals surface area contributed by atoms with E-state index in [1.54, 1.807) is 6.92 Å². The molecule has 0 spiro atoms. The van der Waals surface area contributed by atoms with E-state index in [2.05, 4.69) is 15.5 Å². The maximum atomic E-state index is 12.5. The van der Waals surface area contributed by atoms with Crippen molar-refractivity contribution >= 4 is 5.91 Å². The van der Waals surface area contributed by atoms with Gasteiger partial charge in [-0.3, -0.25) is 9.89 Å². The molecule has 0 atom stereocenters. The Balaban J connectivity index is 2.05. The second kappa shape index (κ2) is 5.36. The molecule has 2 rings (SSSR count). The fraction of sp³-hybridized carbons (Fsp3) is 0.231. The molecule has 20 heavy (non-hydrogen) atoms. The van der Waals surface area contributed by atoms with Gasteiger partial charge in [-0.15, -0.1) is 0 Å². The summed E-state index contributed by atoms with van der Waals surface area (Å²) >= 11 is 0. The van der Waals surface area contributed by atoms with E-state index in [9.17, 15) is 18.0 Å². The van der Waals surface area contributed by atoms with Gasteiger partial charge in [0.15, 0.2) is 0 Å². The lowest BCUT2D eigenvalue weighted by Gasteiger charge is -2.09. The molecule has 4 nitrogen and oxygen atoms in total. The highest BCUT2D eigenvalue weighted by atomic mass is 19.4. The van der Waals surface area contributed by atoms with Crippen LogP contribution in [0.25, 0.3) is 0 Å². The topological polar surface area (TPSA) is 57.8 Å². The minimum absolute atomic E-state index is 0.0212. The van der Waals surface area contributed by atoms with Crippen LogP contribution in [0.3, 0.4) is 0 Å². The number of benzene rings is 1. The minimum Gasteiger partial charge on any atom is -0.348 e. The zero-order valence-corrected chi connectivity index (χ0v) is 10.6. The predicted molar refractivity (Wildman–Crippen MR) is 65.9 cm³/mol. The summed E-state index contributed by atoms with van der Waals surface area (Å²) in [5, 5.41) is 8.88. The number of aromatic nitrogens is 2. The van der Waals surface area contributed by atoms with Crippen LogP contribution >= 0.6 is 0 Å². The van der Waals surface area contributed by atoms with E-state index in [1.807, 2.05) is 0 Å². The monoisotopic (exact) mass is 283 g/mol. The van der Waals surface area contributed by atoms with E-state index in [-0.39, 0.29) is 12.5 Å². The van der Waals surface area contributed by atoms with Crippen molar-refractivity contribution in [1.29, 1.82) is 0 Å². The molecule has 1 heterocycles. The van der Waals surface area contributed by atoms with Gasteiger partial charge in [-0.1, -0.05) is 12.1 Å². The number of alkyl halides is 3. The lowest BCUT2D eigenvalue weighted by Crippen LogP contribution is -2.23. The van der Waals surface area contributed by atoms with E-state index in [4.69, 9.17) is 0 Å². The molecule has 0 unspecified atom stereocenters. The molecule has 1 aromatic carbocycles. The third kappa shape index (κ3) is 3.17. The second-order valence-electron chi connectivity index (χ2n) is 4.29. The number of carbonyl (C=O) groups is 1. The number of nitrogens with one attached hydrogen (secondary N) is 2. The first-order chi connectivity index (χ1) is 9.38. The first-order valence-corrected chi connectivity index (χ1v) is 5.82. The maximum Gasteiger partial charge on any atom is 0.416 e. The number of hydrogen-bond acceptors (Lipinski definition) is 2. The summed E-state index contributed by atoms with van der Waals surface area (Å²) in [6, 6.07) is 4.85. The van der Waals surface area contributed by atoms with Gasteiger partial charge < -0.3 is 5.32 Å². The van der Waals surface area contributed by atoms with Crippen LogP contribution in [0.15, 0.2) is 30.5 Å². The number of H-pyrrole nitrogens is 1. The second-order valence-corrected chi connectivity index (χ2v) is 4.29. The molecule has 0 saturated heterocycles. The quantitative estimate of drug-likeness (QED) is 0.909. The van der Waals surface area contributed by atoms with Crippen molar-refractivity contribution in [3.8, 4) is 0 Å². The highest BCUT2D eigenvalue weighted by molar-refractivity contribution is 5.94. The Morgan fingerprint density at radius 3 is 2.75 bits per heavy atom. The van der Waals surface area contributed by atoms with Crippen molar-refractivity contribution in [2.24, 2.45) is 0 Å². The largest absolute Gasteiger partial charge is 0.416 e. The molecule has 0 radical (unpaired) electrons. The van der Waals surface area contributed by atoms with Crippen LogP contribution in [0.5, 0.6) is 0 Å². The van der Waals surface area contributed by atoms with Gasteiger partial charge >= 0.3 is 6.18 Å². The molecule has 0 aliphatic rings. The molecule has 0 aliphatic heterocycles. The number of amides is 1. The molecule has 0 fully saturated rings. The van der Waals surface area contributed by atoms with Crippen molar-refractivity contribution in [2.45, 2.75) is 19.6 Å². The average molecular weight is 283 g/mol. The number of hydrogen-bond donors (Lipinski definition) is 2. The minimum atomic E-state index is -4.39. The summed E-state index contributed by atoms with van der Waals surface area (Å²) in [4.78, 5) is 11.8. The molecule has 0 saturated carbocycles. The zero-order valence-electron chi connectivity index (χ0n) is 10.6. The smallest absolute Gasteiger partial charge is 0.348 e. The summed E-state index contributed by atoms with van der Waals surface area (Å²) in [6.07, 6.45) is -3.02. The summed E-state index contributed by atoms with van der Waals surface area (Å²) in [6.45, 7) is 1.71. The Kier molecular flexibility index (Phi) is 3.78. The zero-order chi connectivity index (χ0) is 14.8. The SMILES string of the molecule is Cc1[nH]ncc1C(=O)NCc1cccc(C(F)(F)F)c1. The van der Waals surface area contributed by atoms with Gasteiger partial charge in [-0.05, 0) is 24.6 Å². The molecule has 0 bridgehead atoms. The molecule has 2 aromatic rings. The van der Waals surface area contributed by atoms with E-state index in [1.165, 1.54) is 18.3 Å². The van der Waals surface area contributed by atoms with E-state index in [0.29, 0.717) is 16.8 Å². The molecular weight excluding hydrogens is 271 g/mol. The standard InChI is InChI=1S/C13H12F3N3O/c1-8-11(7-18-19-8)12(20)17-6-9-3-2-4-10(5-9)13(14,15)16/h2-5,7H,6H2,1H3,(H,17,20)(H,18,19). The van der Waals surface area contributed by atoms with Crippen LogP contribution in [0, 0.1) is 6.92 Å². The lowest BCUT2D eigenvalue weighted by atomic mass is 10.1. The first-order valence-electron chi connectivity index (χ1n) is 5.82. The number of halogens is 3. The molecular formula is C13H12F3N3O. The highest BCUT2D eigenvalue weighted by Gasteiger charge is 2.30. The van der Waals surface area contributed by atoms with Crippen molar-refractivity contribution < 1.29 is 18.0 Å². The van der Waals surface area contributed by atoms with Crippen molar-refractivity contribution in [1.82, 2.24) is 15.5 Å². The van der Waals surface area contributed by atoms with Gasteiger partial charge in [0.1, 0.15) is 0 Å². The number of aryl methyl sites for hydroxylation is 1. The first kappa shape index (κ1) is 14.1. The Morgan fingerprint density at radius 1 is 1.40 bits per heavy atom. The highest BCUT2D eigenvalue weighted by Crippen LogP contribution is 2.29. The van der Waals surface area contributed by atoms with Gasteiger partial charge in [0.25, 0.3) is 5.91 Å². The normalized spacial score (nSPS) is 11.4. The summed E-state index contributed by atoms with van der Waals surface area (Å²) < 4.78 is 37.6. The number of aromatic amines is 1. The van der Waals surface area contributed by atoms with Gasteiger partial charge in [0, 0.05) is 12.2 Å². The summed E-state index contributed by atoms with van der Waals surface area (Å²) in [5.41, 5.74) is 0.626. The maximum absolute atomic E-state index is 12.5. The van der Waals surface area contributed by atoms with Crippen molar-refractivity contribution in [3.05, 3.63) is 52.8 Å². The summed E-state index contributed by atoms with van der Waals surface area (Å²) in [5.74, 6) is -0.381. The molecule has 1 aromatic heterocycles. The number of rotatable bonds is 3. The van der Waals surface area contributed by atoms with Crippen LogP contribution in [-0.4, -0.2) is 16.1 Å². The van der Waals surface area contributed by atoms with E-state index in [0.717, 1.165) is 12.1 Å². The van der Waals surface area contributed by atoms with Crippen LogP contribution in [0.1, 0.15) is 27.2 Å². The van der Waals surface area contributed by atoms with E-state index < -0.39 is 11.7 Å². The fourth-order valence-electron chi connectivity index (χ4n) is 1.71. The van der Waals surface area contributed by atoms with Crippen LogP contribution in [-0.2, 0) is 12.7 Å². The van der Waals surface area contributed by atoms with Gasteiger partial charge in [0.2, 0.25) is 0 Å². The van der Waals surface area contributed by atoms with Crippen LogP contribution < -0.4 is 5.32 Å². The molecule has 7 heteroatoms. The van der Waals surface area contributed by atoms with Crippen molar-refractivity contribution in [3.63, 3.8) is 0 Å². The van der Waals surface area contributed by atoms with Crippen molar-refractivity contribution in [2.75, 3.05) is 0 Å². The van der Waals surface area contributed by atoms with E-state index >= 15 is 0 Å². The summed E-state index contributed by atoms with van der Waals surface area (Å²) in [7, 11) is 0. The third-order valence-electron chi connectivity index (χ3n) is 2.78. The molecule has 1 amide bonds. The Hall–Kier alpha value is -2.31. The number of carbonyl (C=O) groups excluding carboxylic acids is 1.